The SMILES string of the molecule is CC(C)NCC(C)(C)COc1ccc(Cl)c(Cl)c1. The first-order chi connectivity index (χ1) is 8.30. The minimum absolute atomic E-state index is 0.0659. The van der Waals surface area contributed by atoms with Crippen molar-refractivity contribution in [1.29, 1.82) is 0 Å². The van der Waals surface area contributed by atoms with Crippen molar-refractivity contribution in [2.75, 3.05) is 13.2 Å². The highest BCUT2D eigenvalue weighted by molar-refractivity contribution is 6.42. The van der Waals surface area contributed by atoms with E-state index >= 15 is 0 Å². The molecule has 0 aromatic heterocycles. The van der Waals surface area contributed by atoms with Crippen LogP contribution in [0.5, 0.6) is 5.75 Å². The number of benzene rings is 1. The molecule has 0 atom stereocenters. The molecular weight excluding hydrogens is 269 g/mol. The first-order valence-corrected chi connectivity index (χ1v) is 6.87. The van der Waals surface area contributed by atoms with E-state index < -0.39 is 0 Å². The van der Waals surface area contributed by atoms with Crippen LogP contribution in [0.4, 0.5) is 0 Å². The highest BCUT2D eigenvalue weighted by Gasteiger charge is 2.19. The Bertz CT molecular complexity index is 391. The van der Waals surface area contributed by atoms with E-state index in [1.165, 1.54) is 0 Å². The van der Waals surface area contributed by atoms with E-state index in [2.05, 4.69) is 33.0 Å². The molecule has 4 heteroatoms. The summed E-state index contributed by atoms with van der Waals surface area (Å²) in [5.41, 5.74) is 0.0659. The third-order valence-electron chi connectivity index (χ3n) is 2.51. The predicted molar refractivity (Wildman–Crippen MR) is 78.9 cm³/mol. The van der Waals surface area contributed by atoms with Gasteiger partial charge >= 0.3 is 0 Å². The number of hydrogen-bond donors (Lipinski definition) is 1. The van der Waals surface area contributed by atoms with Gasteiger partial charge in [0.2, 0.25) is 0 Å². The van der Waals surface area contributed by atoms with E-state index in [4.69, 9.17) is 27.9 Å². The molecule has 0 bridgehead atoms. The van der Waals surface area contributed by atoms with E-state index in [-0.39, 0.29) is 5.41 Å². The van der Waals surface area contributed by atoms with Gasteiger partial charge in [0.1, 0.15) is 5.75 Å². The highest BCUT2D eigenvalue weighted by Crippen LogP contribution is 2.27. The van der Waals surface area contributed by atoms with Gasteiger partial charge in [0.25, 0.3) is 0 Å². The van der Waals surface area contributed by atoms with Gasteiger partial charge < -0.3 is 10.1 Å². The van der Waals surface area contributed by atoms with Gasteiger partial charge in [-0.05, 0) is 12.1 Å². The molecule has 1 rings (SSSR count). The summed E-state index contributed by atoms with van der Waals surface area (Å²) in [5, 5.41) is 4.48. The number of nitrogens with one attached hydrogen (secondary N) is 1. The van der Waals surface area contributed by atoms with E-state index in [1.54, 1.807) is 12.1 Å². The lowest BCUT2D eigenvalue weighted by Gasteiger charge is -2.26. The van der Waals surface area contributed by atoms with Gasteiger partial charge in [-0.3, -0.25) is 0 Å². The predicted octanol–water partition coefficient (Wildman–Crippen LogP) is 4.40. The summed E-state index contributed by atoms with van der Waals surface area (Å²) in [5.74, 6) is 0.752. The van der Waals surface area contributed by atoms with Crippen molar-refractivity contribution in [2.24, 2.45) is 5.41 Å². The van der Waals surface area contributed by atoms with Crippen LogP contribution in [-0.2, 0) is 0 Å². The number of ether oxygens (including phenoxy) is 1. The van der Waals surface area contributed by atoms with Crippen LogP contribution in [0, 0.1) is 5.41 Å². The Morgan fingerprint density at radius 1 is 1.22 bits per heavy atom. The third-order valence-corrected chi connectivity index (χ3v) is 3.25. The molecule has 18 heavy (non-hydrogen) atoms. The van der Waals surface area contributed by atoms with Crippen LogP contribution >= 0.6 is 23.2 Å². The molecule has 1 aromatic rings. The fourth-order valence-electron chi connectivity index (χ4n) is 1.38. The van der Waals surface area contributed by atoms with Gasteiger partial charge in [-0.15, -0.1) is 0 Å². The van der Waals surface area contributed by atoms with Crippen LogP contribution < -0.4 is 10.1 Å². The van der Waals surface area contributed by atoms with Crippen molar-refractivity contribution in [2.45, 2.75) is 33.7 Å². The van der Waals surface area contributed by atoms with Gasteiger partial charge in [0.15, 0.2) is 0 Å². The lowest BCUT2D eigenvalue weighted by molar-refractivity contribution is 0.173. The maximum Gasteiger partial charge on any atom is 0.120 e. The molecule has 0 saturated heterocycles. The summed E-state index contributed by atoms with van der Waals surface area (Å²) < 4.78 is 5.76. The van der Waals surface area contributed by atoms with Crippen molar-refractivity contribution in [3.05, 3.63) is 28.2 Å². The van der Waals surface area contributed by atoms with Gasteiger partial charge in [0, 0.05) is 24.1 Å². The molecule has 0 aliphatic carbocycles. The fourth-order valence-corrected chi connectivity index (χ4v) is 1.66. The minimum atomic E-state index is 0.0659. The molecule has 2 nitrogen and oxygen atoms in total. The van der Waals surface area contributed by atoms with Crippen molar-refractivity contribution in [1.82, 2.24) is 5.32 Å². The molecule has 0 spiro atoms. The maximum atomic E-state index is 5.94. The molecule has 1 aromatic carbocycles. The second-order valence-corrected chi connectivity index (χ2v) is 6.38. The Labute approximate surface area is 120 Å². The Balaban J connectivity index is 2.50. The third kappa shape index (κ3) is 5.47. The van der Waals surface area contributed by atoms with Crippen LogP contribution in [0.1, 0.15) is 27.7 Å². The van der Waals surface area contributed by atoms with Gasteiger partial charge in [-0.1, -0.05) is 50.9 Å². The summed E-state index contributed by atoms with van der Waals surface area (Å²) in [7, 11) is 0. The zero-order valence-corrected chi connectivity index (χ0v) is 12.9. The van der Waals surface area contributed by atoms with Crippen LogP contribution in [-0.4, -0.2) is 19.2 Å². The second kappa shape index (κ2) is 6.65. The van der Waals surface area contributed by atoms with Crippen molar-refractivity contribution >= 4 is 23.2 Å². The molecule has 0 radical (unpaired) electrons. The van der Waals surface area contributed by atoms with Crippen LogP contribution in [0.3, 0.4) is 0 Å². The normalized spacial score (nSPS) is 11.9. The Kier molecular flexibility index (Phi) is 5.77. The summed E-state index contributed by atoms with van der Waals surface area (Å²) in [6.45, 7) is 10.1. The average molecular weight is 290 g/mol. The van der Waals surface area contributed by atoms with Crippen LogP contribution in [0.25, 0.3) is 0 Å². The first-order valence-electron chi connectivity index (χ1n) is 6.11. The van der Waals surface area contributed by atoms with Crippen molar-refractivity contribution < 1.29 is 4.74 Å². The molecule has 0 aliphatic rings. The lowest BCUT2D eigenvalue weighted by atomic mass is 9.94. The molecule has 102 valence electrons. The highest BCUT2D eigenvalue weighted by atomic mass is 35.5. The molecule has 0 fully saturated rings. The van der Waals surface area contributed by atoms with Crippen molar-refractivity contribution in [3.8, 4) is 5.75 Å². The van der Waals surface area contributed by atoms with Crippen molar-refractivity contribution in [3.63, 3.8) is 0 Å². The van der Waals surface area contributed by atoms with E-state index in [9.17, 15) is 0 Å². The number of hydrogen-bond acceptors (Lipinski definition) is 2. The number of halogens is 2. The second-order valence-electron chi connectivity index (χ2n) is 5.56. The van der Waals surface area contributed by atoms with E-state index in [1.807, 2.05) is 6.07 Å². The van der Waals surface area contributed by atoms with Gasteiger partial charge in [0.05, 0.1) is 16.7 Å². The van der Waals surface area contributed by atoms with E-state index in [0.717, 1.165) is 12.3 Å². The average Bonchev–Trinajstić information content (AvgIpc) is 2.28. The van der Waals surface area contributed by atoms with Crippen LogP contribution in [0.2, 0.25) is 10.0 Å². The summed E-state index contributed by atoms with van der Waals surface area (Å²) in [6.07, 6.45) is 0. The number of rotatable bonds is 6. The zero-order chi connectivity index (χ0) is 13.8. The molecule has 0 heterocycles. The summed E-state index contributed by atoms with van der Waals surface area (Å²) >= 11 is 11.8. The molecule has 0 amide bonds. The standard InChI is InChI=1S/C14H21Cl2NO/c1-10(2)17-8-14(3,4)9-18-11-5-6-12(15)13(16)7-11/h5-7,10,17H,8-9H2,1-4H3. The maximum absolute atomic E-state index is 5.94. The van der Waals surface area contributed by atoms with E-state index in [0.29, 0.717) is 22.7 Å². The smallest absolute Gasteiger partial charge is 0.120 e. The largest absolute Gasteiger partial charge is 0.493 e. The van der Waals surface area contributed by atoms with Gasteiger partial charge in [-0.25, -0.2) is 0 Å². The van der Waals surface area contributed by atoms with Gasteiger partial charge in [-0.2, -0.15) is 0 Å². The quantitative estimate of drug-likeness (QED) is 0.838. The molecule has 0 unspecified atom stereocenters. The molecule has 1 N–H and O–H groups in total. The molecule has 0 saturated carbocycles. The zero-order valence-electron chi connectivity index (χ0n) is 11.4. The molecular formula is C14H21Cl2NO. The Morgan fingerprint density at radius 3 is 2.44 bits per heavy atom. The Hall–Kier alpha value is -0.440. The summed E-state index contributed by atoms with van der Waals surface area (Å²) in [6, 6.07) is 5.81. The first kappa shape index (κ1) is 15.6. The Morgan fingerprint density at radius 2 is 1.89 bits per heavy atom. The topological polar surface area (TPSA) is 21.3 Å². The lowest BCUT2D eigenvalue weighted by Crippen LogP contribution is -2.37. The molecule has 0 aliphatic heterocycles. The monoisotopic (exact) mass is 289 g/mol. The summed E-state index contributed by atoms with van der Waals surface area (Å²) in [4.78, 5) is 0. The fraction of sp³-hybridized carbons (Fsp3) is 0.571. The minimum Gasteiger partial charge on any atom is -0.493 e. The van der Waals surface area contributed by atoms with Crippen LogP contribution in [0.15, 0.2) is 18.2 Å².